The molecule has 0 amide bonds. The van der Waals surface area contributed by atoms with Crippen molar-refractivity contribution in [2.45, 2.75) is 30.1 Å². The van der Waals surface area contributed by atoms with Crippen molar-refractivity contribution in [2.75, 3.05) is 13.1 Å². The van der Waals surface area contributed by atoms with Crippen molar-refractivity contribution in [1.82, 2.24) is 14.3 Å². The third kappa shape index (κ3) is 3.13. The number of aryl methyl sites for hydroxylation is 1. The standard InChI is InChI=1S/C14H17N3O3S2/c1-2-12-3-4-14(21-12)22(18,19)17-8-5-11(10-17)20-13-9-15-6-7-16-13/h3-4,6-7,9,11H,2,5,8,10H2,1H3. The van der Waals surface area contributed by atoms with Gasteiger partial charge in [-0.1, -0.05) is 6.92 Å². The van der Waals surface area contributed by atoms with Crippen LogP contribution in [0.4, 0.5) is 0 Å². The van der Waals surface area contributed by atoms with E-state index in [0.29, 0.717) is 29.6 Å². The Morgan fingerprint density at radius 3 is 2.95 bits per heavy atom. The molecule has 22 heavy (non-hydrogen) atoms. The molecule has 0 spiro atoms. The molecule has 1 aliphatic rings. The number of thiophene rings is 1. The second-order valence-electron chi connectivity index (χ2n) is 5.01. The highest BCUT2D eigenvalue weighted by molar-refractivity contribution is 7.91. The Morgan fingerprint density at radius 2 is 2.27 bits per heavy atom. The topological polar surface area (TPSA) is 72.4 Å². The molecule has 3 rings (SSSR count). The monoisotopic (exact) mass is 339 g/mol. The Kier molecular flexibility index (Phi) is 4.42. The summed E-state index contributed by atoms with van der Waals surface area (Å²) >= 11 is 1.34. The molecule has 8 heteroatoms. The number of ether oxygens (including phenoxy) is 1. The normalized spacial score (nSPS) is 19.4. The first-order valence-corrected chi connectivity index (χ1v) is 9.37. The molecule has 6 nitrogen and oxygen atoms in total. The molecule has 118 valence electrons. The van der Waals surface area contributed by atoms with E-state index < -0.39 is 10.0 Å². The van der Waals surface area contributed by atoms with E-state index in [1.807, 2.05) is 13.0 Å². The van der Waals surface area contributed by atoms with Crippen molar-refractivity contribution < 1.29 is 13.2 Å². The first kappa shape index (κ1) is 15.4. The van der Waals surface area contributed by atoms with Crippen molar-refractivity contribution in [3.63, 3.8) is 0 Å². The summed E-state index contributed by atoms with van der Waals surface area (Å²) in [5.74, 6) is 0.427. The lowest BCUT2D eigenvalue weighted by atomic mass is 10.3. The van der Waals surface area contributed by atoms with Crippen LogP contribution in [-0.2, 0) is 16.4 Å². The molecule has 0 N–H and O–H groups in total. The first-order chi connectivity index (χ1) is 10.6. The van der Waals surface area contributed by atoms with Crippen LogP contribution in [0.2, 0.25) is 0 Å². The molecule has 0 bridgehead atoms. The van der Waals surface area contributed by atoms with E-state index in [9.17, 15) is 8.42 Å². The summed E-state index contributed by atoms with van der Waals surface area (Å²) in [6.07, 6.45) is 5.97. The fourth-order valence-corrected chi connectivity index (χ4v) is 5.28. The summed E-state index contributed by atoms with van der Waals surface area (Å²) < 4.78 is 32.8. The zero-order chi connectivity index (χ0) is 15.6. The van der Waals surface area contributed by atoms with Crippen LogP contribution in [0.25, 0.3) is 0 Å². The van der Waals surface area contributed by atoms with Crippen LogP contribution in [0.5, 0.6) is 5.88 Å². The highest BCUT2D eigenvalue weighted by atomic mass is 32.2. The van der Waals surface area contributed by atoms with Crippen LogP contribution in [0, 0.1) is 0 Å². The maximum absolute atomic E-state index is 12.6. The quantitative estimate of drug-likeness (QED) is 0.832. The lowest BCUT2D eigenvalue weighted by Crippen LogP contribution is -2.30. The summed E-state index contributed by atoms with van der Waals surface area (Å²) in [6.45, 7) is 2.83. The van der Waals surface area contributed by atoms with Gasteiger partial charge in [-0.3, -0.25) is 4.98 Å². The number of rotatable bonds is 5. The average Bonchev–Trinajstić information content (AvgIpc) is 3.17. The number of nitrogens with zero attached hydrogens (tertiary/aromatic N) is 3. The predicted molar refractivity (Wildman–Crippen MR) is 83.5 cm³/mol. The molecule has 1 atom stereocenters. The van der Waals surface area contributed by atoms with Gasteiger partial charge in [-0.2, -0.15) is 4.31 Å². The lowest BCUT2D eigenvalue weighted by molar-refractivity contribution is 0.206. The van der Waals surface area contributed by atoms with Gasteiger partial charge in [0.1, 0.15) is 10.3 Å². The lowest BCUT2D eigenvalue weighted by Gasteiger charge is -2.15. The largest absolute Gasteiger partial charge is 0.472 e. The van der Waals surface area contributed by atoms with Gasteiger partial charge >= 0.3 is 0 Å². The molecule has 1 saturated heterocycles. The highest BCUT2D eigenvalue weighted by Gasteiger charge is 2.34. The van der Waals surface area contributed by atoms with E-state index in [-0.39, 0.29) is 6.10 Å². The van der Waals surface area contributed by atoms with Gasteiger partial charge in [0, 0.05) is 23.8 Å². The molecule has 1 fully saturated rings. The molecule has 2 aromatic heterocycles. The summed E-state index contributed by atoms with van der Waals surface area (Å²) in [5, 5.41) is 0. The summed E-state index contributed by atoms with van der Waals surface area (Å²) in [4.78, 5) is 9.06. The Morgan fingerprint density at radius 1 is 1.41 bits per heavy atom. The van der Waals surface area contributed by atoms with Crippen molar-refractivity contribution in [2.24, 2.45) is 0 Å². The van der Waals surface area contributed by atoms with Crippen LogP contribution in [0.15, 0.2) is 34.9 Å². The smallest absolute Gasteiger partial charge is 0.252 e. The SMILES string of the molecule is CCc1ccc(S(=O)(=O)N2CCC(Oc3cnccn3)C2)s1. The predicted octanol–water partition coefficient (Wildman–Crippen LogP) is 1.94. The Hall–Kier alpha value is -1.51. The molecule has 1 unspecified atom stereocenters. The van der Waals surface area contributed by atoms with Crippen LogP contribution in [0.3, 0.4) is 0 Å². The Bertz CT molecular complexity index is 731. The minimum Gasteiger partial charge on any atom is -0.472 e. The maximum atomic E-state index is 12.6. The maximum Gasteiger partial charge on any atom is 0.252 e. The minimum absolute atomic E-state index is 0.183. The molecular formula is C14H17N3O3S2. The van der Waals surface area contributed by atoms with Gasteiger partial charge in [-0.15, -0.1) is 11.3 Å². The molecule has 0 aromatic carbocycles. The zero-order valence-corrected chi connectivity index (χ0v) is 13.8. The molecule has 0 aliphatic carbocycles. The van der Waals surface area contributed by atoms with Gasteiger partial charge < -0.3 is 4.74 Å². The Labute approximate surface area is 133 Å². The average molecular weight is 339 g/mol. The zero-order valence-electron chi connectivity index (χ0n) is 12.2. The second-order valence-corrected chi connectivity index (χ2v) is 8.34. The van der Waals surface area contributed by atoms with E-state index in [1.165, 1.54) is 21.8 Å². The van der Waals surface area contributed by atoms with Gasteiger partial charge in [-0.25, -0.2) is 13.4 Å². The number of hydrogen-bond acceptors (Lipinski definition) is 6. The van der Waals surface area contributed by atoms with E-state index in [1.54, 1.807) is 18.5 Å². The number of hydrogen-bond donors (Lipinski definition) is 0. The van der Waals surface area contributed by atoms with Crippen LogP contribution in [0.1, 0.15) is 18.2 Å². The fourth-order valence-electron chi connectivity index (χ4n) is 2.34. The molecule has 0 saturated carbocycles. The third-order valence-corrected chi connectivity index (χ3v) is 7.08. The molecular weight excluding hydrogens is 322 g/mol. The number of aromatic nitrogens is 2. The van der Waals surface area contributed by atoms with E-state index >= 15 is 0 Å². The molecule has 0 radical (unpaired) electrons. The fraction of sp³-hybridized carbons (Fsp3) is 0.429. The highest BCUT2D eigenvalue weighted by Crippen LogP contribution is 2.28. The number of sulfonamides is 1. The third-order valence-electron chi connectivity index (χ3n) is 3.51. The van der Waals surface area contributed by atoms with Crippen LogP contribution < -0.4 is 4.74 Å². The van der Waals surface area contributed by atoms with Crippen molar-refractivity contribution >= 4 is 21.4 Å². The molecule has 2 aromatic rings. The van der Waals surface area contributed by atoms with Gasteiger partial charge in [0.25, 0.3) is 10.0 Å². The van der Waals surface area contributed by atoms with Gasteiger partial charge in [0.2, 0.25) is 5.88 Å². The first-order valence-electron chi connectivity index (χ1n) is 7.11. The van der Waals surface area contributed by atoms with Crippen LogP contribution >= 0.6 is 11.3 Å². The molecule has 3 heterocycles. The van der Waals surface area contributed by atoms with Gasteiger partial charge in [0.05, 0.1) is 12.7 Å². The van der Waals surface area contributed by atoms with E-state index in [4.69, 9.17) is 4.74 Å². The van der Waals surface area contributed by atoms with Crippen molar-refractivity contribution in [3.8, 4) is 5.88 Å². The van der Waals surface area contributed by atoms with E-state index in [0.717, 1.165) is 11.3 Å². The van der Waals surface area contributed by atoms with E-state index in [2.05, 4.69) is 9.97 Å². The molecule has 1 aliphatic heterocycles. The summed E-state index contributed by atoms with van der Waals surface area (Å²) in [5.41, 5.74) is 0. The Balaban J connectivity index is 1.69. The summed E-state index contributed by atoms with van der Waals surface area (Å²) in [6, 6.07) is 3.57. The second kappa shape index (κ2) is 6.31. The van der Waals surface area contributed by atoms with Gasteiger partial charge in [0.15, 0.2) is 0 Å². The van der Waals surface area contributed by atoms with Gasteiger partial charge in [-0.05, 0) is 25.0 Å². The van der Waals surface area contributed by atoms with Crippen molar-refractivity contribution in [1.29, 1.82) is 0 Å². The van der Waals surface area contributed by atoms with Crippen LogP contribution in [-0.4, -0.2) is 41.9 Å². The minimum atomic E-state index is -3.42. The van der Waals surface area contributed by atoms with Crippen molar-refractivity contribution in [3.05, 3.63) is 35.6 Å². The summed E-state index contributed by atoms with van der Waals surface area (Å²) in [7, 11) is -3.42.